The fraction of sp³-hybridized carbons (Fsp3) is 0.588. The van der Waals surface area contributed by atoms with Crippen molar-refractivity contribution in [3.05, 3.63) is 21.9 Å². The van der Waals surface area contributed by atoms with Crippen molar-refractivity contribution in [3.63, 3.8) is 0 Å². The Morgan fingerprint density at radius 1 is 1.25 bits per heavy atom. The van der Waals surface area contributed by atoms with Crippen molar-refractivity contribution in [2.75, 3.05) is 32.8 Å². The summed E-state index contributed by atoms with van der Waals surface area (Å²) in [7, 11) is 0. The van der Waals surface area contributed by atoms with Gasteiger partial charge in [-0.25, -0.2) is 0 Å². The molecular weight excluding hydrogens is 328 g/mol. The summed E-state index contributed by atoms with van der Waals surface area (Å²) in [5, 5.41) is 1.85. The number of morpholine rings is 1. The van der Waals surface area contributed by atoms with E-state index in [1.165, 1.54) is 18.3 Å². The Bertz CT molecular complexity index is 636. The van der Waals surface area contributed by atoms with Crippen LogP contribution < -0.4 is 0 Å². The number of ether oxygens (including phenoxy) is 1. The number of Topliss-reactive ketones (excluding diaryl/α,β-unsaturated/α-hetero) is 1. The molecule has 24 heavy (non-hydrogen) atoms. The first kappa shape index (κ1) is 17.1. The molecule has 2 saturated heterocycles. The predicted molar refractivity (Wildman–Crippen MR) is 90.2 cm³/mol. The molecule has 0 saturated carbocycles. The number of nitrogens with zero attached hydrogens (tertiary/aromatic N) is 2. The lowest BCUT2D eigenvalue weighted by Crippen LogP contribution is -2.51. The zero-order chi connectivity index (χ0) is 17.1. The van der Waals surface area contributed by atoms with Crippen LogP contribution in [-0.4, -0.2) is 66.3 Å². The third kappa shape index (κ3) is 3.67. The van der Waals surface area contributed by atoms with Gasteiger partial charge in [-0.1, -0.05) is 0 Å². The third-order valence-corrected chi connectivity index (χ3v) is 5.62. The molecule has 0 spiro atoms. The van der Waals surface area contributed by atoms with Gasteiger partial charge in [-0.15, -0.1) is 11.3 Å². The van der Waals surface area contributed by atoms with Gasteiger partial charge in [-0.3, -0.25) is 14.4 Å². The van der Waals surface area contributed by atoms with Crippen molar-refractivity contribution in [3.8, 4) is 0 Å². The Labute approximate surface area is 145 Å². The predicted octanol–water partition coefficient (Wildman–Crippen LogP) is 1.34. The minimum Gasteiger partial charge on any atom is -0.378 e. The highest BCUT2D eigenvalue weighted by Crippen LogP contribution is 2.23. The Balaban J connectivity index is 1.64. The Hall–Kier alpha value is -1.73. The molecule has 2 aliphatic rings. The molecule has 2 amide bonds. The van der Waals surface area contributed by atoms with E-state index in [1.54, 1.807) is 15.9 Å². The highest BCUT2D eigenvalue weighted by Gasteiger charge is 2.36. The summed E-state index contributed by atoms with van der Waals surface area (Å²) < 4.78 is 5.29. The standard InChI is InChI=1S/C17H22N2O4S/c1-12(20)15-9-13(11-24-15)10-16(21)19-4-2-3-14(19)17(22)18-5-7-23-8-6-18/h9,11,14H,2-8,10H2,1H3/t14-/m0/s1. The topological polar surface area (TPSA) is 66.9 Å². The van der Waals surface area contributed by atoms with Crippen LogP contribution >= 0.6 is 11.3 Å². The summed E-state index contributed by atoms with van der Waals surface area (Å²) in [5.41, 5.74) is 0.847. The van der Waals surface area contributed by atoms with Crippen molar-refractivity contribution < 1.29 is 19.1 Å². The van der Waals surface area contributed by atoms with Gasteiger partial charge in [0, 0.05) is 19.6 Å². The van der Waals surface area contributed by atoms with Gasteiger partial charge in [0.25, 0.3) is 0 Å². The molecule has 130 valence electrons. The zero-order valence-corrected chi connectivity index (χ0v) is 14.6. The first-order valence-corrected chi connectivity index (χ1v) is 9.18. The maximum Gasteiger partial charge on any atom is 0.245 e. The molecule has 3 rings (SSSR count). The molecule has 0 bridgehead atoms. The minimum absolute atomic E-state index is 0.0141. The average molecular weight is 350 g/mol. The van der Waals surface area contributed by atoms with E-state index in [9.17, 15) is 14.4 Å². The SMILES string of the molecule is CC(=O)c1cc(CC(=O)N2CCC[C@H]2C(=O)N2CCOCC2)cs1. The quantitative estimate of drug-likeness (QED) is 0.769. The van der Waals surface area contributed by atoms with E-state index in [0.717, 1.165) is 18.4 Å². The van der Waals surface area contributed by atoms with E-state index in [-0.39, 0.29) is 30.1 Å². The van der Waals surface area contributed by atoms with Crippen molar-refractivity contribution in [2.45, 2.75) is 32.2 Å². The average Bonchev–Trinajstić information content (AvgIpc) is 3.24. The number of likely N-dealkylation sites (tertiary alicyclic amines) is 1. The number of hydrogen-bond acceptors (Lipinski definition) is 5. The minimum atomic E-state index is -0.346. The van der Waals surface area contributed by atoms with E-state index >= 15 is 0 Å². The summed E-state index contributed by atoms with van der Waals surface area (Å²) in [4.78, 5) is 40.9. The normalized spacial score (nSPS) is 21.1. The largest absolute Gasteiger partial charge is 0.378 e. The van der Waals surface area contributed by atoms with Crippen molar-refractivity contribution in [2.24, 2.45) is 0 Å². The third-order valence-electron chi connectivity index (χ3n) is 4.54. The van der Waals surface area contributed by atoms with Crippen LogP contribution in [0.25, 0.3) is 0 Å². The lowest BCUT2D eigenvalue weighted by molar-refractivity contribution is -0.146. The number of rotatable bonds is 4. The van der Waals surface area contributed by atoms with Crippen LogP contribution in [0.2, 0.25) is 0 Å². The lowest BCUT2D eigenvalue weighted by atomic mass is 10.1. The Morgan fingerprint density at radius 2 is 2.00 bits per heavy atom. The Kier molecular flexibility index (Phi) is 5.30. The van der Waals surface area contributed by atoms with Crippen LogP contribution in [0, 0.1) is 0 Å². The van der Waals surface area contributed by atoms with Gasteiger partial charge in [0.2, 0.25) is 11.8 Å². The second-order valence-corrected chi connectivity index (χ2v) is 7.15. The van der Waals surface area contributed by atoms with Crippen LogP contribution in [0.4, 0.5) is 0 Å². The van der Waals surface area contributed by atoms with Gasteiger partial charge in [0.15, 0.2) is 5.78 Å². The number of carbonyl (C=O) groups excluding carboxylic acids is 3. The molecule has 6 nitrogen and oxygen atoms in total. The van der Waals surface area contributed by atoms with Crippen molar-refractivity contribution in [1.29, 1.82) is 0 Å². The van der Waals surface area contributed by atoms with Crippen LogP contribution in [0.5, 0.6) is 0 Å². The fourth-order valence-electron chi connectivity index (χ4n) is 3.25. The molecule has 0 N–H and O–H groups in total. The summed E-state index contributed by atoms with van der Waals surface area (Å²) in [6.07, 6.45) is 1.83. The molecule has 0 aliphatic carbocycles. The van der Waals surface area contributed by atoms with E-state index in [1.807, 2.05) is 5.38 Å². The molecule has 7 heteroatoms. The van der Waals surface area contributed by atoms with Crippen LogP contribution in [0.15, 0.2) is 11.4 Å². The Morgan fingerprint density at radius 3 is 2.67 bits per heavy atom. The highest BCUT2D eigenvalue weighted by atomic mass is 32.1. The van der Waals surface area contributed by atoms with Gasteiger partial charge >= 0.3 is 0 Å². The second-order valence-electron chi connectivity index (χ2n) is 6.23. The number of hydrogen-bond donors (Lipinski definition) is 0. The maximum atomic E-state index is 12.7. The molecule has 1 atom stereocenters. The van der Waals surface area contributed by atoms with Gasteiger partial charge in [0.05, 0.1) is 24.5 Å². The van der Waals surface area contributed by atoms with Gasteiger partial charge < -0.3 is 14.5 Å². The molecule has 1 aromatic heterocycles. The smallest absolute Gasteiger partial charge is 0.245 e. The fourth-order valence-corrected chi connectivity index (χ4v) is 4.06. The van der Waals surface area contributed by atoms with Gasteiger partial charge in [-0.05, 0) is 36.8 Å². The summed E-state index contributed by atoms with van der Waals surface area (Å²) >= 11 is 1.36. The van der Waals surface area contributed by atoms with Crippen molar-refractivity contribution >= 4 is 28.9 Å². The van der Waals surface area contributed by atoms with E-state index in [0.29, 0.717) is 37.7 Å². The number of ketones is 1. The summed E-state index contributed by atoms with van der Waals surface area (Å²) in [6, 6.07) is 1.43. The maximum absolute atomic E-state index is 12.7. The first-order chi connectivity index (χ1) is 11.6. The number of amides is 2. The molecular formula is C17H22N2O4S. The highest BCUT2D eigenvalue weighted by molar-refractivity contribution is 7.12. The van der Waals surface area contributed by atoms with Crippen LogP contribution in [0.3, 0.4) is 0 Å². The summed E-state index contributed by atoms with van der Waals surface area (Å²) in [5.74, 6) is 0.0196. The van der Waals surface area contributed by atoms with Crippen LogP contribution in [-0.2, 0) is 20.7 Å². The lowest BCUT2D eigenvalue weighted by Gasteiger charge is -2.32. The van der Waals surface area contributed by atoms with E-state index in [2.05, 4.69) is 0 Å². The van der Waals surface area contributed by atoms with Crippen LogP contribution in [0.1, 0.15) is 35.0 Å². The van der Waals surface area contributed by atoms with E-state index in [4.69, 9.17) is 4.74 Å². The van der Waals surface area contributed by atoms with E-state index < -0.39 is 0 Å². The molecule has 2 aliphatic heterocycles. The van der Waals surface area contributed by atoms with Crippen molar-refractivity contribution in [1.82, 2.24) is 9.80 Å². The molecule has 0 unspecified atom stereocenters. The summed E-state index contributed by atoms with van der Waals surface area (Å²) in [6.45, 7) is 4.48. The molecule has 0 aromatic carbocycles. The number of thiophene rings is 1. The second kappa shape index (κ2) is 7.44. The molecule has 3 heterocycles. The zero-order valence-electron chi connectivity index (χ0n) is 13.8. The van der Waals surface area contributed by atoms with Gasteiger partial charge in [-0.2, -0.15) is 0 Å². The number of carbonyl (C=O) groups is 3. The monoisotopic (exact) mass is 350 g/mol. The molecule has 2 fully saturated rings. The molecule has 0 radical (unpaired) electrons. The molecule has 1 aromatic rings. The van der Waals surface area contributed by atoms with Gasteiger partial charge in [0.1, 0.15) is 6.04 Å². The first-order valence-electron chi connectivity index (χ1n) is 8.30.